The van der Waals surface area contributed by atoms with E-state index in [0.29, 0.717) is 22.3 Å². The van der Waals surface area contributed by atoms with Gasteiger partial charge < -0.3 is 15.8 Å². The van der Waals surface area contributed by atoms with Crippen LogP contribution in [0, 0.1) is 5.82 Å². The largest absolute Gasteiger partial charge is 0.494 e. The van der Waals surface area contributed by atoms with Crippen molar-refractivity contribution in [2.75, 3.05) is 18.2 Å². The first-order valence-corrected chi connectivity index (χ1v) is 5.50. The lowest BCUT2D eigenvalue weighted by Gasteiger charge is -2.10. The summed E-state index contributed by atoms with van der Waals surface area (Å²) in [6.45, 7) is 0. The predicted molar refractivity (Wildman–Crippen MR) is 69.9 cm³/mol. The Morgan fingerprint density at radius 3 is 2.83 bits per heavy atom. The molecule has 0 amide bonds. The van der Waals surface area contributed by atoms with Crippen LogP contribution in [0.1, 0.15) is 0 Å². The van der Waals surface area contributed by atoms with Crippen molar-refractivity contribution >= 4 is 28.8 Å². The third-order valence-corrected chi connectivity index (χ3v) is 2.52. The maximum atomic E-state index is 13.2. The Morgan fingerprint density at radius 2 is 2.11 bits per heavy atom. The number of aromatic nitrogens is 1. The third-order valence-electron chi connectivity index (χ3n) is 2.31. The summed E-state index contributed by atoms with van der Waals surface area (Å²) in [7, 11) is 1.40. The Labute approximate surface area is 109 Å². The Bertz CT molecular complexity index is 577. The van der Waals surface area contributed by atoms with Gasteiger partial charge in [-0.1, -0.05) is 11.6 Å². The fourth-order valence-electron chi connectivity index (χ4n) is 1.42. The van der Waals surface area contributed by atoms with E-state index >= 15 is 0 Å². The van der Waals surface area contributed by atoms with E-state index in [1.165, 1.54) is 19.2 Å². The summed E-state index contributed by atoms with van der Waals surface area (Å²) < 4.78 is 18.1. The molecule has 0 spiro atoms. The molecule has 18 heavy (non-hydrogen) atoms. The lowest BCUT2D eigenvalue weighted by atomic mass is 10.2. The van der Waals surface area contributed by atoms with E-state index in [9.17, 15) is 4.39 Å². The Morgan fingerprint density at radius 1 is 1.33 bits per heavy atom. The van der Waals surface area contributed by atoms with E-state index in [0.717, 1.165) is 0 Å². The van der Waals surface area contributed by atoms with E-state index in [-0.39, 0.29) is 5.75 Å². The second-order valence-corrected chi connectivity index (χ2v) is 3.93. The molecule has 0 atom stereocenters. The molecule has 0 unspecified atom stereocenters. The first-order chi connectivity index (χ1) is 8.60. The number of hydrogen-bond acceptors (Lipinski definition) is 4. The SMILES string of the molecule is COc1cc(Nc2nc(Cl)ccc2N)ccc1F. The Balaban J connectivity index is 2.31. The van der Waals surface area contributed by atoms with Gasteiger partial charge >= 0.3 is 0 Å². The summed E-state index contributed by atoms with van der Waals surface area (Å²) in [4.78, 5) is 4.04. The van der Waals surface area contributed by atoms with Gasteiger partial charge in [0.25, 0.3) is 0 Å². The molecule has 3 N–H and O–H groups in total. The average molecular weight is 268 g/mol. The standard InChI is InChI=1S/C12H11ClFN3O/c1-18-10-6-7(2-3-8(10)14)16-12-9(15)4-5-11(13)17-12/h2-6H,15H2,1H3,(H,16,17). The number of ether oxygens (including phenoxy) is 1. The zero-order valence-electron chi connectivity index (χ0n) is 9.58. The molecule has 0 bridgehead atoms. The van der Waals surface area contributed by atoms with Crippen LogP contribution in [0.3, 0.4) is 0 Å². The molecular formula is C12H11ClFN3O. The normalized spacial score (nSPS) is 10.2. The maximum absolute atomic E-state index is 13.2. The number of hydrogen-bond donors (Lipinski definition) is 2. The van der Waals surface area contributed by atoms with Crippen LogP contribution in [0.2, 0.25) is 5.15 Å². The molecule has 1 aromatic carbocycles. The van der Waals surface area contributed by atoms with Crippen molar-refractivity contribution < 1.29 is 9.13 Å². The summed E-state index contributed by atoms with van der Waals surface area (Å²) in [5.41, 5.74) is 6.80. The van der Waals surface area contributed by atoms with Crippen LogP contribution in [0.25, 0.3) is 0 Å². The molecule has 0 aliphatic heterocycles. The van der Waals surface area contributed by atoms with Crippen molar-refractivity contribution in [3.63, 3.8) is 0 Å². The summed E-state index contributed by atoms with van der Waals surface area (Å²) >= 11 is 5.78. The van der Waals surface area contributed by atoms with Crippen LogP contribution in [-0.4, -0.2) is 12.1 Å². The molecule has 0 saturated carbocycles. The highest BCUT2D eigenvalue weighted by Crippen LogP contribution is 2.26. The molecule has 2 aromatic rings. The molecule has 0 fully saturated rings. The van der Waals surface area contributed by atoms with Crippen molar-refractivity contribution in [2.45, 2.75) is 0 Å². The van der Waals surface area contributed by atoms with Gasteiger partial charge in [0.15, 0.2) is 17.4 Å². The predicted octanol–water partition coefficient (Wildman–Crippen LogP) is 3.21. The summed E-state index contributed by atoms with van der Waals surface area (Å²) in [5.74, 6) is 0.117. The van der Waals surface area contributed by atoms with Crippen molar-refractivity contribution in [3.05, 3.63) is 41.3 Å². The average Bonchev–Trinajstić information content (AvgIpc) is 2.36. The number of methoxy groups -OCH3 is 1. The molecule has 1 aromatic heterocycles. The van der Waals surface area contributed by atoms with E-state index in [1.807, 2.05) is 0 Å². The van der Waals surface area contributed by atoms with Gasteiger partial charge in [0.05, 0.1) is 12.8 Å². The highest BCUT2D eigenvalue weighted by Gasteiger charge is 2.06. The lowest BCUT2D eigenvalue weighted by molar-refractivity contribution is 0.387. The van der Waals surface area contributed by atoms with Crippen molar-refractivity contribution in [1.82, 2.24) is 4.98 Å². The van der Waals surface area contributed by atoms with Crippen LogP contribution >= 0.6 is 11.6 Å². The molecule has 0 saturated heterocycles. The lowest BCUT2D eigenvalue weighted by Crippen LogP contribution is -2.00. The first-order valence-electron chi connectivity index (χ1n) is 5.12. The number of halogens is 2. The summed E-state index contributed by atoms with van der Waals surface area (Å²) in [6.07, 6.45) is 0. The maximum Gasteiger partial charge on any atom is 0.165 e. The first kappa shape index (κ1) is 12.4. The monoisotopic (exact) mass is 267 g/mol. The molecule has 4 nitrogen and oxygen atoms in total. The molecule has 0 aliphatic carbocycles. The highest BCUT2D eigenvalue weighted by molar-refractivity contribution is 6.29. The molecule has 0 aliphatic rings. The Kier molecular flexibility index (Phi) is 3.53. The third kappa shape index (κ3) is 2.62. The van der Waals surface area contributed by atoms with Gasteiger partial charge in [0.1, 0.15) is 5.15 Å². The van der Waals surface area contributed by atoms with E-state index in [2.05, 4.69) is 10.3 Å². The zero-order chi connectivity index (χ0) is 13.1. The van der Waals surface area contributed by atoms with Gasteiger partial charge in [-0.3, -0.25) is 0 Å². The van der Waals surface area contributed by atoms with Crippen molar-refractivity contribution in [2.24, 2.45) is 0 Å². The number of nitrogens with two attached hydrogens (primary N) is 1. The van der Waals surface area contributed by atoms with Gasteiger partial charge in [-0.2, -0.15) is 0 Å². The van der Waals surface area contributed by atoms with Crippen molar-refractivity contribution in [3.8, 4) is 5.75 Å². The van der Waals surface area contributed by atoms with Gasteiger partial charge in [-0.05, 0) is 24.3 Å². The van der Waals surface area contributed by atoms with Gasteiger partial charge in [-0.15, -0.1) is 0 Å². The minimum Gasteiger partial charge on any atom is -0.494 e. The van der Waals surface area contributed by atoms with Crippen LogP contribution < -0.4 is 15.8 Å². The second-order valence-electron chi connectivity index (χ2n) is 3.55. The smallest absolute Gasteiger partial charge is 0.165 e. The fourth-order valence-corrected chi connectivity index (χ4v) is 1.57. The number of nitrogen functional groups attached to an aromatic ring is 1. The second kappa shape index (κ2) is 5.10. The quantitative estimate of drug-likeness (QED) is 0.839. The molecule has 1 heterocycles. The van der Waals surface area contributed by atoms with Gasteiger partial charge in [0, 0.05) is 11.8 Å². The summed E-state index contributed by atoms with van der Waals surface area (Å²) in [5, 5.41) is 3.27. The van der Waals surface area contributed by atoms with E-state index < -0.39 is 5.82 Å². The summed E-state index contributed by atoms with van der Waals surface area (Å²) in [6, 6.07) is 7.59. The molecule has 94 valence electrons. The van der Waals surface area contributed by atoms with Crippen LogP contribution in [0.4, 0.5) is 21.6 Å². The van der Waals surface area contributed by atoms with Crippen LogP contribution in [-0.2, 0) is 0 Å². The number of benzene rings is 1. The van der Waals surface area contributed by atoms with Crippen LogP contribution in [0.15, 0.2) is 30.3 Å². The molecule has 0 radical (unpaired) electrons. The van der Waals surface area contributed by atoms with Gasteiger partial charge in [0.2, 0.25) is 0 Å². The molecule has 2 rings (SSSR count). The number of anilines is 3. The van der Waals surface area contributed by atoms with Crippen molar-refractivity contribution in [1.29, 1.82) is 0 Å². The van der Waals surface area contributed by atoms with Crippen LogP contribution in [0.5, 0.6) is 5.75 Å². The number of pyridine rings is 1. The van der Waals surface area contributed by atoms with Gasteiger partial charge in [-0.25, -0.2) is 9.37 Å². The fraction of sp³-hybridized carbons (Fsp3) is 0.0833. The molecular weight excluding hydrogens is 257 g/mol. The Hall–Kier alpha value is -2.01. The number of nitrogens with zero attached hydrogens (tertiary/aromatic N) is 1. The van der Waals surface area contributed by atoms with E-state index in [4.69, 9.17) is 22.1 Å². The topological polar surface area (TPSA) is 60.2 Å². The van der Waals surface area contributed by atoms with E-state index in [1.54, 1.807) is 18.2 Å². The molecule has 6 heteroatoms. The number of rotatable bonds is 3. The minimum absolute atomic E-state index is 0.139. The zero-order valence-corrected chi connectivity index (χ0v) is 10.3. The minimum atomic E-state index is -0.435. The highest BCUT2D eigenvalue weighted by atomic mass is 35.5. The number of nitrogens with one attached hydrogen (secondary N) is 1.